The highest BCUT2D eigenvalue weighted by Gasteiger charge is 2.26. The molecule has 2 rings (SSSR count). The molecule has 1 heterocycles. The molecule has 1 aromatic carbocycles. The van der Waals surface area contributed by atoms with Gasteiger partial charge in [0, 0.05) is 18.3 Å². The van der Waals surface area contributed by atoms with Crippen molar-refractivity contribution in [2.24, 2.45) is 0 Å². The monoisotopic (exact) mass is 248 g/mol. The number of hydrogen-bond acceptors (Lipinski definition) is 3. The van der Waals surface area contributed by atoms with E-state index in [-0.39, 0.29) is 11.9 Å². The van der Waals surface area contributed by atoms with Crippen LogP contribution in [-0.2, 0) is 4.79 Å². The Morgan fingerprint density at radius 1 is 1.28 bits per heavy atom. The van der Waals surface area contributed by atoms with Crippen molar-refractivity contribution >= 4 is 11.6 Å². The van der Waals surface area contributed by atoms with E-state index >= 15 is 0 Å². The average molecular weight is 248 g/mol. The van der Waals surface area contributed by atoms with Gasteiger partial charge >= 0.3 is 0 Å². The fourth-order valence-corrected chi connectivity index (χ4v) is 2.27. The van der Waals surface area contributed by atoms with Crippen molar-refractivity contribution in [2.45, 2.75) is 32.4 Å². The number of carbonyl (C=O) groups excluding carboxylic acids is 1. The van der Waals surface area contributed by atoms with E-state index in [0.717, 1.165) is 24.4 Å². The normalized spacial score (nSPS) is 24.8. The first kappa shape index (κ1) is 12.9. The molecule has 4 nitrogen and oxygen atoms in total. The van der Waals surface area contributed by atoms with Gasteiger partial charge in [0.15, 0.2) is 0 Å². The molecule has 0 saturated carbocycles. The molecule has 1 amide bonds. The molecule has 0 spiro atoms. The van der Waals surface area contributed by atoms with Crippen LogP contribution in [0.15, 0.2) is 24.3 Å². The van der Waals surface area contributed by atoms with Crippen molar-refractivity contribution in [1.82, 2.24) is 5.32 Å². The van der Waals surface area contributed by atoms with E-state index in [9.17, 15) is 4.79 Å². The van der Waals surface area contributed by atoms with Crippen LogP contribution in [0, 0.1) is 0 Å². The first-order chi connectivity index (χ1) is 8.61. The topological polar surface area (TPSA) is 41.6 Å². The van der Waals surface area contributed by atoms with Crippen molar-refractivity contribution in [1.29, 1.82) is 0 Å². The Kier molecular flexibility index (Phi) is 3.87. The van der Waals surface area contributed by atoms with E-state index in [0.29, 0.717) is 6.04 Å². The largest absolute Gasteiger partial charge is 0.497 e. The molecule has 98 valence electrons. The van der Waals surface area contributed by atoms with Gasteiger partial charge in [-0.15, -0.1) is 0 Å². The second-order valence-corrected chi connectivity index (χ2v) is 4.77. The lowest BCUT2D eigenvalue weighted by Crippen LogP contribution is -2.43. The molecular formula is C14H20N2O2. The molecule has 0 aliphatic carbocycles. The molecule has 1 aliphatic rings. The van der Waals surface area contributed by atoms with E-state index in [4.69, 9.17) is 4.74 Å². The predicted molar refractivity (Wildman–Crippen MR) is 72.0 cm³/mol. The van der Waals surface area contributed by atoms with Crippen molar-refractivity contribution in [3.05, 3.63) is 24.3 Å². The molecule has 1 aromatic rings. The maximum absolute atomic E-state index is 12.3. The highest BCUT2D eigenvalue weighted by molar-refractivity contribution is 5.97. The molecule has 0 aromatic heterocycles. The van der Waals surface area contributed by atoms with Crippen LogP contribution in [0.1, 0.15) is 20.3 Å². The number of ether oxygens (including phenoxy) is 1. The van der Waals surface area contributed by atoms with Crippen LogP contribution in [0.2, 0.25) is 0 Å². The molecule has 1 aliphatic heterocycles. The zero-order valence-corrected chi connectivity index (χ0v) is 11.1. The van der Waals surface area contributed by atoms with E-state index in [2.05, 4.69) is 12.2 Å². The SMILES string of the molecule is COc1ccc(N2CCC(C)NC(C)C2=O)cc1. The second-order valence-electron chi connectivity index (χ2n) is 4.77. The van der Waals surface area contributed by atoms with Crippen LogP contribution in [-0.4, -0.2) is 31.6 Å². The van der Waals surface area contributed by atoms with Gasteiger partial charge in [-0.1, -0.05) is 0 Å². The van der Waals surface area contributed by atoms with Crippen molar-refractivity contribution < 1.29 is 9.53 Å². The average Bonchev–Trinajstić information content (AvgIpc) is 2.50. The smallest absolute Gasteiger partial charge is 0.243 e. The minimum atomic E-state index is -0.135. The van der Waals surface area contributed by atoms with Crippen LogP contribution in [0.5, 0.6) is 5.75 Å². The summed E-state index contributed by atoms with van der Waals surface area (Å²) in [4.78, 5) is 14.1. The molecule has 2 unspecified atom stereocenters. The highest BCUT2D eigenvalue weighted by Crippen LogP contribution is 2.21. The second kappa shape index (κ2) is 5.40. The molecule has 0 bridgehead atoms. The number of benzene rings is 1. The molecular weight excluding hydrogens is 228 g/mol. The Bertz CT molecular complexity index is 416. The lowest BCUT2D eigenvalue weighted by atomic mass is 10.2. The summed E-state index contributed by atoms with van der Waals surface area (Å²) in [6.45, 7) is 4.78. The molecule has 1 fully saturated rings. The summed E-state index contributed by atoms with van der Waals surface area (Å²) in [6.07, 6.45) is 0.960. The first-order valence-electron chi connectivity index (χ1n) is 6.33. The number of methoxy groups -OCH3 is 1. The van der Waals surface area contributed by atoms with Gasteiger partial charge in [-0.3, -0.25) is 4.79 Å². The van der Waals surface area contributed by atoms with E-state index < -0.39 is 0 Å². The third kappa shape index (κ3) is 2.64. The van der Waals surface area contributed by atoms with Gasteiger partial charge in [-0.25, -0.2) is 0 Å². The van der Waals surface area contributed by atoms with Gasteiger partial charge in [-0.05, 0) is 44.5 Å². The zero-order valence-electron chi connectivity index (χ0n) is 11.1. The number of nitrogens with one attached hydrogen (secondary N) is 1. The lowest BCUT2D eigenvalue weighted by Gasteiger charge is -2.22. The summed E-state index contributed by atoms with van der Waals surface area (Å²) in [7, 11) is 1.64. The zero-order chi connectivity index (χ0) is 13.1. The van der Waals surface area contributed by atoms with Gasteiger partial charge in [0.25, 0.3) is 0 Å². The Morgan fingerprint density at radius 3 is 2.56 bits per heavy atom. The van der Waals surface area contributed by atoms with E-state index in [1.807, 2.05) is 36.1 Å². The number of rotatable bonds is 2. The fourth-order valence-electron chi connectivity index (χ4n) is 2.27. The van der Waals surface area contributed by atoms with Crippen LogP contribution >= 0.6 is 0 Å². The van der Waals surface area contributed by atoms with Crippen LogP contribution in [0.4, 0.5) is 5.69 Å². The van der Waals surface area contributed by atoms with Gasteiger partial charge in [0.05, 0.1) is 13.2 Å². The van der Waals surface area contributed by atoms with Crippen molar-refractivity contribution in [3.8, 4) is 5.75 Å². The summed E-state index contributed by atoms with van der Waals surface area (Å²) < 4.78 is 5.13. The molecule has 2 atom stereocenters. The number of hydrogen-bond donors (Lipinski definition) is 1. The van der Waals surface area contributed by atoms with Crippen LogP contribution < -0.4 is 15.0 Å². The van der Waals surface area contributed by atoms with Gasteiger partial charge < -0.3 is 15.0 Å². The van der Waals surface area contributed by atoms with Crippen molar-refractivity contribution in [2.75, 3.05) is 18.6 Å². The van der Waals surface area contributed by atoms with Gasteiger partial charge in [0.2, 0.25) is 5.91 Å². The van der Waals surface area contributed by atoms with Gasteiger partial charge in [0.1, 0.15) is 5.75 Å². The predicted octanol–water partition coefficient (Wildman–Crippen LogP) is 1.80. The standard InChI is InChI=1S/C14H20N2O2/c1-10-8-9-16(14(17)11(2)15-10)12-4-6-13(18-3)7-5-12/h4-7,10-11,15H,8-9H2,1-3H3. The van der Waals surface area contributed by atoms with Crippen molar-refractivity contribution in [3.63, 3.8) is 0 Å². The summed E-state index contributed by atoms with van der Waals surface area (Å²) in [5.41, 5.74) is 0.934. The number of anilines is 1. The minimum absolute atomic E-state index is 0.129. The first-order valence-corrected chi connectivity index (χ1v) is 6.33. The summed E-state index contributed by atoms with van der Waals surface area (Å²) in [6, 6.07) is 7.86. The third-order valence-corrected chi connectivity index (χ3v) is 3.34. The molecule has 1 saturated heterocycles. The quantitative estimate of drug-likeness (QED) is 0.867. The highest BCUT2D eigenvalue weighted by atomic mass is 16.5. The summed E-state index contributed by atoms with van der Waals surface area (Å²) in [5, 5.41) is 3.30. The maximum Gasteiger partial charge on any atom is 0.243 e. The Balaban J connectivity index is 2.21. The maximum atomic E-state index is 12.3. The van der Waals surface area contributed by atoms with Crippen LogP contribution in [0.25, 0.3) is 0 Å². The summed E-state index contributed by atoms with van der Waals surface area (Å²) in [5.74, 6) is 0.935. The fraction of sp³-hybridized carbons (Fsp3) is 0.500. The van der Waals surface area contributed by atoms with E-state index in [1.54, 1.807) is 7.11 Å². The summed E-state index contributed by atoms with van der Waals surface area (Å²) >= 11 is 0. The van der Waals surface area contributed by atoms with Gasteiger partial charge in [-0.2, -0.15) is 0 Å². The Morgan fingerprint density at radius 2 is 1.94 bits per heavy atom. The van der Waals surface area contributed by atoms with Crippen LogP contribution in [0.3, 0.4) is 0 Å². The lowest BCUT2D eigenvalue weighted by molar-refractivity contribution is -0.119. The Labute approximate surface area is 108 Å². The number of nitrogens with zero attached hydrogens (tertiary/aromatic N) is 1. The molecule has 0 radical (unpaired) electrons. The Hall–Kier alpha value is -1.55. The third-order valence-electron chi connectivity index (χ3n) is 3.34. The minimum Gasteiger partial charge on any atom is -0.497 e. The molecule has 1 N–H and O–H groups in total. The van der Waals surface area contributed by atoms with E-state index in [1.165, 1.54) is 0 Å². The number of amides is 1. The number of carbonyl (C=O) groups is 1. The molecule has 18 heavy (non-hydrogen) atoms. The molecule has 4 heteroatoms.